The summed E-state index contributed by atoms with van der Waals surface area (Å²) in [6.07, 6.45) is 2.92. The monoisotopic (exact) mass is 235 g/mol. The van der Waals surface area contributed by atoms with Crippen molar-refractivity contribution >= 4 is 28.6 Å². The Balaban J connectivity index is 2.63. The molecule has 0 spiro atoms. The lowest BCUT2D eigenvalue weighted by Gasteiger charge is -2.01. The number of carboxylic acids is 1. The van der Waals surface area contributed by atoms with Crippen molar-refractivity contribution in [2.45, 2.75) is 6.54 Å². The zero-order valence-corrected chi connectivity index (χ0v) is 8.77. The summed E-state index contributed by atoms with van der Waals surface area (Å²) in [6, 6.07) is 3.56. The van der Waals surface area contributed by atoms with Gasteiger partial charge in [-0.05, 0) is 6.07 Å². The number of nitrogens with zero attached hydrogens (tertiary/aromatic N) is 3. The largest absolute Gasteiger partial charge is 0.480 e. The Hall–Kier alpha value is -2.06. The van der Waals surface area contributed by atoms with Crippen molar-refractivity contribution in [3.63, 3.8) is 0 Å². The first kappa shape index (κ1) is 10.5. The standard InChI is InChI=1S/C10H6ClN3O2/c11-9-6(3-12)4-13-10-7(9)1-2-14(10)5-8(15)16/h1-2,4H,5H2,(H,15,16). The molecule has 0 saturated carbocycles. The number of aliphatic carboxylic acids is 1. The van der Waals surface area contributed by atoms with Gasteiger partial charge in [0.25, 0.3) is 0 Å². The molecule has 0 aromatic carbocycles. The zero-order chi connectivity index (χ0) is 11.7. The molecule has 2 rings (SSSR count). The summed E-state index contributed by atoms with van der Waals surface area (Å²) >= 11 is 5.97. The molecule has 0 bridgehead atoms. The van der Waals surface area contributed by atoms with Crippen LogP contribution in [-0.2, 0) is 11.3 Å². The third-order valence-corrected chi connectivity index (χ3v) is 2.56. The summed E-state index contributed by atoms with van der Waals surface area (Å²) in [4.78, 5) is 14.6. The third-order valence-electron chi connectivity index (χ3n) is 2.15. The van der Waals surface area contributed by atoms with Crippen LogP contribution < -0.4 is 0 Å². The van der Waals surface area contributed by atoms with E-state index in [0.717, 1.165) is 0 Å². The van der Waals surface area contributed by atoms with Gasteiger partial charge in [-0.2, -0.15) is 5.26 Å². The molecule has 0 radical (unpaired) electrons. The summed E-state index contributed by atoms with van der Waals surface area (Å²) in [7, 11) is 0. The van der Waals surface area contributed by atoms with Gasteiger partial charge in [-0.25, -0.2) is 4.98 Å². The fourth-order valence-electron chi connectivity index (χ4n) is 1.46. The Bertz CT molecular complexity index is 612. The highest BCUT2D eigenvalue weighted by atomic mass is 35.5. The molecule has 0 saturated heterocycles. The third kappa shape index (κ3) is 1.59. The summed E-state index contributed by atoms with van der Waals surface area (Å²) < 4.78 is 1.46. The first-order valence-corrected chi connectivity index (χ1v) is 4.76. The number of carbonyl (C=O) groups is 1. The van der Waals surface area contributed by atoms with Crippen LogP contribution in [0, 0.1) is 11.3 Å². The molecular formula is C10H6ClN3O2. The molecule has 6 heteroatoms. The van der Waals surface area contributed by atoms with Gasteiger partial charge in [0.05, 0.1) is 10.6 Å². The van der Waals surface area contributed by atoms with Crippen LogP contribution in [0.25, 0.3) is 11.0 Å². The van der Waals surface area contributed by atoms with Crippen LogP contribution in [0.1, 0.15) is 5.56 Å². The number of carboxylic acid groups (broad SMARTS) is 1. The van der Waals surface area contributed by atoms with Crippen molar-refractivity contribution in [3.05, 3.63) is 29.0 Å². The van der Waals surface area contributed by atoms with E-state index in [2.05, 4.69) is 4.98 Å². The molecule has 0 amide bonds. The Labute approximate surface area is 95.5 Å². The van der Waals surface area contributed by atoms with Crippen LogP contribution in [0.2, 0.25) is 5.02 Å². The van der Waals surface area contributed by atoms with Gasteiger partial charge in [0, 0.05) is 17.8 Å². The smallest absolute Gasteiger partial charge is 0.323 e. The van der Waals surface area contributed by atoms with Gasteiger partial charge in [0.1, 0.15) is 18.3 Å². The highest BCUT2D eigenvalue weighted by Gasteiger charge is 2.11. The maximum Gasteiger partial charge on any atom is 0.323 e. The molecule has 0 unspecified atom stereocenters. The van der Waals surface area contributed by atoms with Gasteiger partial charge >= 0.3 is 5.97 Å². The predicted molar refractivity (Wildman–Crippen MR) is 57.1 cm³/mol. The van der Waals surface area contributed by atoms with Gasteiger partial charge in [-0.1, -0.05) is 11.6 Å². The molecule has 0 aliphatic heterocycles. The number of rotatable bonds is 2. The lowest BCUT2D eigenvalue weighted by Crippen LogP contribution is -2.07. The highest BCUT2D eigenvalue weighted by molar-refractivity contribution is 6.36. The SMILES string of the molecule is N#Cc1cnc2c(ccn2CC(=O)O)c1Cl. The maximum absolute atomic E-state index is 10.6. The predicted octanol–water partition coefficient (Wildman–Crippen LogP) is 1.65. The number of pyridine rings is 1. The van der Waals surface area contributed by atoms with E-state index in [9.17, 15) is 4.79 Å². The molecule has 5 nitrogen and oxygen atoms in total. The lowest BCUT2D eigenvalue weighted by molar-refractivity contribution is -0.137. The second-order valence-corrected chi connectivity index (χ2v) is 3.55. The van der Waals surface area contributed by atoms with E-state index in [-0.39, 0.29) is 12.1 Å². The number of hydrogen-bond acceptors (Lipinski definition) is 3. The van der Waals surface area contributed by atoms with Crippen molar-refractivity contribution in [3.8, 4) is 6.07 Å². The second-order valence-electron chi connectivity index (χ2n) is 3.17. The van der Waals surface area contributed by atoms with Crippen LogP contribution in [0.4, 0.5) is 0 Å². The fourth-order valence-corrected chi connectivity index (χ4v) is 1.70. The maximum atomic E-state index is 10.6. The number of fused-ring (bicyclic) bond motifs is 1. The molecule has 0 aliphatic rings. The summed E-state index contributed by atoms with van der Waals surface area (Å²) in [5, 5.41) is 18.3. The molecular weight excluding hydrogens is 230 g/mol. The Morgan fingerprint density at radius 2 is 2.44 bits per heavy atom. The minimum atomic E-state index is -0.959. The molecule has 80 valence electrons. The van der Waals surface area contributed by atoms with E-state index in [1.165, 1.54) is 10.8 Å². The number of hydrogen-bond donors (Lipinski definition) is 1. The molecule has 0 aliphatic carbocycles. The number of nitriles is 1. The number of halogens is 1. The average molecular weight is 236 g/mol. The molecule has 2 aromatic rings. The van der Waals surface area contributed by atoms with E-state index in [1.54, 1.807) is 12.3 Å². The zero-order valence-electron chi connectivity index (χ0n) is 8.01. The first-order valence-electron chi connectivity index (χ1n) is 4.38. The molecule has 0 fully saturated rings. The van der Waals surface area contributed by atoms with Gasteiger partial charge in [-0.15, -0.1) is 0 Å². The summed E-state index contributed by atoms with van der Waals surface area (Å²) in [6.45, 7) is -0.182. The van der Waals surface area contributed by atoms with Crippen LogP contribution in [-0.4, -0.2) is 20.6 Å². The average Bonchev–Trinajstić information content (AvgIpc) is 2.62. The summed E-state index contributed by atoms with van der Waals surface area (Å²) in [5.74, 6) is -0.959. The van der Waals surface area contributed by atoms with Gasteiger partial charge in [0.2, 0.25) is 0 Å². The molecule has 0 atom stereocenters. The summed E-state index contributed by atoms with van der Waals surface area (Å²) in [5.41, 5.74) is 0.744. The van der Waals surface area contributed by atoms with E-state index < -0.39 is 5.97 Å². The Morgan fingerprint density at radius 3 is 3.06 bits per heavy atom. The Kier molecular flexibility index (Phi) is 2.50. The van der Waals surface area contributed by atoms with Crippen LogP contribution in [0.15, 0.2) is 18.5 Å². The van der Waals surface area contributed by atoms with Crippen molar-refractivity contribution in [1.29, 1.82) is 5.26 Å². The molecule has 1 N–H and O–H groups in total. The molecule has 16 heavy (non-hydrogen) atoms. The van der Waals surface area contributed by atoms with E-state index in [0.29, 0.717) is 16.1 Å². The van der Waals surface area contributed by atoms with E-state index >= 15 is 0 Å². The van der Waals surface area contributed by atoms with Gasteiger partial charge in [0.15, 0.2) is 0 Å². The van der Waals surface area contributed by atoms with Gasteiger partial charge in [-0.3, -0.25) is 4.79 Å². The normalized spacial score (nSPS) is 10.2. The van der Waals surface area contributed by atoms with E-state index in [1.807, 2.05) is 6.07 Å². The highest BCUT2D eigenvalue weighted by Crippen LogP contribution is 2.25. The van der Waals surface area contributed by atoms with Crippen molar-refractivity contribution in [2.24, 2.45) is 0 Å². The topological polar surface area (TPSA) is 78.9 Å². The van der Waals surface area contributed by atoms with Crippen molar-refractivity contribution < 1.29 is 9.90 Å². The van der Waals surface area contributed by atoms with Crippen molar-refractivity contribution in [1.82, 2.24) is 9.55 Å². The van der Waals surface area contributed by atoms with Crippen LogP contribution in [0.3, 0.4) is 0 Å². The lowest BCUT2D eigenvalue weighted by atomic mass is 10.2. The quantitative estimate of drug-likeness (QED) is 0.858. The van der Waals surface area contributed by atoms with Gasteiger partial charge < -0.3 is 9.67 Å². The number of aromatic nitrogens is 2. The second kappa shape index (κ2) is 3.83. The Morgan fingerprint density at radius 1 is 1.69 bits per heavy atom. The fraction of sp³-hybridized carbons (Fsp3) is 0.100. The van der Waals surface area contributed by atoms with E-state index in [4.69, 9.17) is 22.0 Å². The van der Waals surface area contributed by atoms with Crippen LogP contribution in [0.5, 0.6) is 0 Å². The molecule has 2 heterocycles. The molecule has 2 aromatic heterocycles. The first-order chi connectivity index (χ1) is 7.63. The van der Waals surface area contributed by atoms with Crippen molar-refractivity contribution in [2.75, 3.05) is 0 Å². The van der Waals surface area contributed by atoms with Crippen LogP contribution >= 0.6 is 11.6 Å². The minimum Gasteiger partial charge on any atom is -0.480 e. The minimum absolute atomic E-state index is 0.182.